The number of fused-ring (bicyclic) bond motifs is 1. The molecule has 1 aliphatic heterocycles. The highest BCUT2D eigenvalue weighted by Gasteiger charge is 2.42. The highest BCUT2D eigenvalue weighted by Crippen LogP contribution is 2.34. The van der Waals surface area contributed by atoms with Gasteiger partial charge in [0.05, 0.1) is 23.2 Å². The lowest BCUT2D eigenvalue weighted by Crippen LogP contribution is -2.34. The standard InChI is InChI=1S/C23H23ClF3N5O4S/c1-12(2)35-18-5-4-14(10-16(18)24)20-28-29-22(37-20)32-13(3)15-11-31(8-6-17(15)30-32)9-7-19(33)36-21(34)23(25,26)27/h4-5,10,12H,6-9,11H2,1-3H3. The number of hydrogen-bond acceptors (Lipinski definition) is 9. The van der Waals surface area contributed by atoms with E-state index in [2.05, 4.69) is 20.0 Å². The lowest BCUT2D eigenvalue weighted by Gasteiger charge is -2.26. The first-order chi connectivity index (χ1) is 17.4. The molecule has 1 aliphatic rings. The van der Waals surface area contributed by atoms with Crippen LogP contribution in [0.1, 0.15) is 37.2 Å². The molecule has 1 aromatic carbocycles. The molecule has 3 aromatic rings. The van der Waals surface area contributed by atoms with Crippen molar-refractivity contribution in [2.45, 2.75) is 52.4 Å². The predicted molar refractivity (Wildman–Crippen MR) is 129 cm³/mol. The van der Waals surface area contributed by atoms with Gasteiger partial charge in [-0.15, -0.1) is 10.2 Å². The van der Waals surface area contributed by atoms with Crippen LogP contribution in [0.15, 0.2) is 18.2 Å². The molecule has 198 valence electrons. The number of hydrogen-bond donors (Lipinski definition) is 0. The fraction of sp³-hybridized carbons (Fsp3) is 0.435. The fourth-order valence-corrected chi connectivity index (χ4v) is 4.88. The van der Waals surface area contributed by atoms with Gasteiger partial charge in [0, 0.05) is 42.9 Å². The van der Waals surface area contributed by atoms with E-state index in [1.807, 2.05) is 31.7 Å². The summed E-state index contributed by atoms with van der Waals surface area (Å²) in [6, 6.07) is 5.43. The van der Waals surface area contributed by atoms with Crippen LogP contribution in [0.5, 0.6) is 5.75 Å². The molecule has 2 aromatic heterocycles. The van der Waals surface area contributed by atoms with E-state index in [0.29, 0.717) is 40.4 Å². The molecule has 0 N–H and O–H groups in total. The van der Waals surface area contributed by atoms with Gasteiger partial charge in [-0.05, 0) is 39.0 Å². The second kappa shape index (κ2) is 10.8. The molecule has 0 amide bonds. The number of halogens is 4. The van der Waals surface area contributed by atoms with Gasteiger partial charge < -0.3 is 9.47 Å². The summed E-state index contributed by atoms with van der Waals surface area (Å²) in [5, 5.41) is 15.0. The molecule has 4 rings (SSSR count). The van der Waals surface area contributed by atoms with Gasteiger partial charge in [0.2, 0.25) is 5.13 Å². The fourth-order valence-electron chi connectivity index (χ4n) is 3.81. The molecule has 0 atom stereocenters. The molecule has 0 aliphatic carbocycles. The molecule has 0 radical (unpaired) electrons. The zero-order chi connectivity index (χ0) is 26.9. The average molecular weight is 558 g/mol. The van der Waals surface area contributed by atoms with Crippen molar-refractivity contribution < 1.29 is 32.2 Å². The van der Waals surface area contributed by atoms with E-state index in [9.17, 15) is 22.8 Å². The number of aromatic nitrogens is 4. The minimum absolute atomic E-state index is 0.00589. The van der Waals surface area contributed by atoms with Crippen LogP contribution in [0.25, 0.3) is 15.7 Å². The summed E-state index contributed by atoms with van der Waals surface area (Å²) in [7, 11) is 0. The second-order valence-corrected chi connectivity index (χ2v) is 10.0. The van der Waals surface area contributed by atoms with E-state index in [-0.39, 0.29) is 19.1 Å². The summed E-state index contributed by atoms with van der Waals surface area (Å²) >= 11 is 7.71. The molecule has 0 unspecified atom stereocenters. The van der Waals surface area contributed by atoms with Crippen LogP contribution in [0.3, 0.4) is 0 Å². The first-order valence-corrected chi connectivity index (χ1v) is 12.5. The minimum atomic E-state index is -5.20. The molecule has 3 heterocycles. The zero-order valence-electron chi connectivity index (χ0n) is 20.1. The van der Waals surface area contributed by atoms with Gasteiger partial charge in [-0.1, -0.05) is 22.9 Å². The summed E-state index contributed by atoms with van der Waals surface area (Å²) in [6.45, 7) is 6.87. The Kier molecular flexibility index (Phi) is 7.85. The molecule has 9 nitrogen and oxygen atoms in total. The lowest BCUT2D eigenvalue weighted by molar-refractivity contribution is -0.201. The Hall–Kier alpha value is -3.03. The molecule has 0 saturated heterocycles. The van der Waals surface area contributed by atoms with Crippen molar-refractivity contribution in [2.24, 2.45) is 0 Å². The van der Waals surface area contributed by atoms with Gasteiger partial charge in [0.15, 0.2) is 0 Å². The molecule has 14 heteroatoms. The topological polar surface area (TPSA) is 99.4 Å². The van der Waals surface area contributed by atoms with E-state index in [1.54, 1.807) is 16.8 Å². The summed E-state index contributed by atoms with van der Waals surface area (Å²) in [6.07, 6.45) is -4.97. The maximum Gasteiger partial charge on any atom is 0.491 e. The molecular weight excluding hydrogens is 535 g/mol. The molecule has 37 heavy (non-hydrogen) atoms. The predicted octanol–water partition coefficient (Wildman–Crippen LogP) is 4.52. The van der Waals surface area contributed by atoms with Crippen molar-refractivity contribution in [3.05, 3.63) is 40.2 Å². The van der Waals surface area contributed by atoms with Crippen molar-refractivity contribution in [1.82, 2.24) is 24.9 Å². The second-order valence-electron chi connectivity index (χ2n) is 8.66. The third-order valence-corrected chi connectivity index (χ3v) is 6.82. The Labute approximate surface area is 219 Å². The summed E-state index contributed by atoms with van der Waals surface area (Å²) < 4.78 is 48.0. The zero-order valence-corrected chi connectivity index (χ0v) is 21.7. The Morgan fingerprint density at radius 2 is 2.00 bits per heavy atom. The average Bonchev–Trinajstić information content (AvgIpc) is 3.43. The van der Waals surface area contributed by atoms with Crippen molar-refractivity contribution in [2.75, 3.05) is 13.1 Å². The summed E-state index contributed by atoms with van der Waals surface area (Å²) in [4.78, 5) is 24.4. The number of ether oxygens (including phenoxy) is 2. The Bertz CT molecular complexity index is 1320. The molecular formula is C23H23ClF3N5O4S. The van der Waals surface area contributed by atoms with Gasteiger partial charge >= 0.3 is 18.1 Å². The number of nitrogens with zero attached hydrogens (tertiary/aromatic N) is 5. The molecule has 0 spiro atoms. The van der Waals surface area contributed by atoms with Gasteiger partial charge in [-0.2, -0.15) is 18.3 Å². The first-order valence-electron chi connectivity index (χ1n) is 11.3. The molecule has 0 bridgehead atoms. The Balaban J connectivity index is 1.43. The van der Waals surface area contributed by atoms with Crippen LogP contribution in [0.4, 0.5) is 13.2 Å². The molecule has 0 saturated carbocycles. The molecule has 0 fully saturated rings. The highest BCUT2D eigenvalue weighted by atomic mass is 35.5. The van der Waals surface area contributed by atoms with Crippen LogP contribution in [-0.4, -0.2) is 62.2 Å². The third kappa shape index (κ3) is 6.28. The van der Waals surface area contributed by atoms with E-state index in [0.717, 1.165) is 22.5 Å². The maximum atomic E-state index is 12.3. The smallest absolute Gasteiger partial charge is 0.489 e. The van der Waals surface area contributed by atoms with E-state index in [1.165, 1.54) is 11.3 Å². The lowest BCUT2D eigenvalue weighted by atomic mass is 10.1. The Morgan fingerprint density at radius 3 is 2.68 bits per heavy atom. The normalized spacial score (nSPS) is 14.1. The van der Waals surface area contributed by atoms with Crippen molar-refractivity contribution >= 4 is 34.9 Å². The number of carbonyl (C=O) groups is 2. The third-order valence-electron chi connectivity index (χ3n) is 5.58. The number of carbonyl (C=O) groups excluding carboxylic acids is 2. The summed E-state index contributed by atoms with van der Waals surface area (Å²) in [5.74, 6) is -3.13. The van der Waals surface area contributed by atoms with Crippen LogP contribution in [-0.2, 0) is 27.3 Å². The maximum absolute atomic E-state index is 12.3. The Morgan fingerprint density at radius 1 is 1.24 bits per heavy atom. The van der Waals surface area contributed by atoms with Gasteiger partial charge in [0.1, 0.15) is 10.8 Å². The number of rotatable bonds is 7. The minimum Gasteiger partial charge on any atom is -0.489 e. The van der Waals surface area contributed by atoms with Crippen molar-refractivity contribution in [3.8, 4) is 21.5 Å². The van der Waals surface area contributed by atoms with Gasteiger partial charge in [-0.25, -0.2) is 9.48 Å². The highest BCUT2D eigenvalue weighted by molar-refractivity contribution is 7.17. The van der Waals surface area contributed by atoms with Crippen molar-refractivity contribution in [1.29, 1.82) is 0 Å². The monoisotopic (exact) mass is 557 g/mol. The van der Waals surface area contributed by atoms with E-state index < -0.39 is 18.1 Å². The quantitative estimate of drug-likeness (QED) is 0.309. The van der Waals surface area contributed by atoms with Crippen LogP contribution >= 0.6 is 22.9 Å². The van der Waals surface area contributed by atoms with E-state index >= 15 is 0 Å². The number of benzene rings is 1. The van der Waals surface area contributed by atoms with Crippen LogP contribution in [0, 0.1) is 6.92 Å². The number of alkyl halides is 3. The van der Waals surface area contributed by atoms with Gasteiger partial charge in [0.25, 0.3) is 0 Å². The van der Waals surface area contributed by atoms with Gasteiger partial charge in [-0.3, -0.25) is 9.69 Å². The largest absolute Gasteiger partial charge is 0.491 e. The van der Waals surface area contributed by atoms with Crippen LogP contribution in [0.2, 0.25) is 5.02 Å². The van der Waals surface area contributed by atoms with Crippen LogP contribution < -0.4 is 4.74 Å². The SMILES string of the molecule is Cc1c2c(nn1-c1nnc(-c3ccc(OC(C)C)c(Cl)c3)s1)CCN(CCC(=O)OC(=O)C(F)(F)F)C2. The first kappa shape index (κ1) is 27.0. The van der Waals surface area contributed by atoms with E-state index in [4.69, 9.17) is 16.3 Å². The number of esters is 2. The van der Waals surface area contributed by atoms with Crippen molar-refractivity contribution in [3.63, 3.8) is 0 Å². The summed E-state index contributed by atoms with van der Waals surface area (Å²) in [5.41, 5.74) is 3.46.